The first-order valence-corrected chi connectivity index (χ1v) is 6.77. The molecule has 2 N–H and O–H groups in total. The first kappa shape index (κ1) is 13.4. The molecule has 1 saturated heterocycles. The van der Waals surface area contributed by atoms with Gasteiger partial charge in [0.25, 0.3) is 0 Å². The molecular weight excluding hydrogens is 224 g/mol. The molecule has 0 amide bonds. The molecule has 1 unspecified atom stereocenters. The predicted molar refractivity (Wildman–Crippen MR) is 74.9 cm³/mol. The third-order valence-electron chi connectivity index (χ3n) is 4.15. The zero-order chi connectivity index (χ0) is 13.0. The Hall–Kier alpha value is -1.06. The van der Waals surface area contributed by atoms with Gasteiger partial charge in [-0.15, -0.1) is 0 Å². The third kappa shape index (κ3) is 2.85. The van der Waals surface area contributed by atoms with Crippen LogP contribution in [0.15, 0.2) is 24.3 Å². The Morgan fingerprint density at radius 2 is 2.28 bits per heavy atom. The van der Waals surface area contributed by atoms with Crippen LogP contribution in [0.1, 0.15) is 24.8 Å². The van der Waals surface area contributed by atoms with E-state index >= 15 is 0 Å². The molecule has 1 fully saturated rings. The lowest BCUT2D eigenvalue weighted by Crippen LogP contribution is -2.48. The molecule has 0 aromatic heterocycles. The van der Waals surface area contributed by atoms with Crippen molar-refractivity contribution in [1.29, 1.82) is 0 Å². The Morgan fingerprint density at radius 1 is 1.44 bits per heavy atom. The van der Waals surface area contributed by atoms with Gasteiger partial charge in [-0.05, 0) is 51.1 Å². The number of likely N-dealkylation sites (tertiary alicyclic amines) is 1. The van der Waals surface area contributed by atoms with E-state index in [1.807, 2.05) is 12.1 Å². The Bertz CT molecular complexity index is 394. The molecule has 0 aliphatic carbocycles. The fraction of sp³-hybridized carbons (Fsp3) is 0.600. The molecule has 2 rings (SSSR count). The molecule has 1 aromatic carbocycles. The van der Waals surface area contributed by atoms with Crippen molar-refractivity contribution in [2.75, 3.05) is 26.7 Å². The van der Waals surface area contributed by atoms with Crippen LogP contribution in [0.3, 0.4) is 0 Å². The van der Waals surface area contributed by atoms with E-state index in [1.54, 1.807) is 0 Å². The summed E-state index contributed by atoms with van der Waals surface area (Å²) >= 11 is 0. The van der Waals surface area contributed by atoms with Crippen LogP contribution < -0.4 is 10.5 Å². The number of hydrogen-bond acceptors (Lipinski definition) is 3. The van der Waals surface area contributed by atoms with Crippen molar-refractivity contribution >= 4 is 0 Å². The van der Waals surface area contributed by atoms with Crippen molar-refractivity contribution < 1.29 is 4.74 Å². The number of aryl methyl sites for hydroxylation is 1. The van der Waals surface area contributed by atoms with Crippen molar-refractivity contribution in [3.05, 3.63) is 29.8 Å². The molecular formula is C15H24N2O. The number of nitrogens with zero attached hydrogens (tertiary/aromatic N) is 1. The van der Waals surface area contributed by atoms with E-state index in [1.165, 1.54) is 18.4 Å². The number of nitrogens with two attached hydrogens (primary N) is 1. The lowest BCUT2D eigenvalue weighted by Gasteiger charge is -2.35. The number of rotatable bonds is 5. The smallest absolute Gasteiger partial charge is 0.119 e. The first-order chi connectivity index (χ1) is 8.66. The Labute approximate surface area is 110 Å². The second-order valence-electron chi connectivity index (χ2n) is 5.37. The van der Waals surface area contributed by atoms with Crippen LogP contribution in [0.25, 0.3) is 0 Å². The highest BCUT2D eigenvalue weighted by Gasteiger charge is 2.36. The van der Waals surface area contributed by atoms with Gasteiger partial charge in [0.15, 0.2) is 0 Å². The number of ether oxygens (including phenoxy) is 1. The number of benzene rings is 1. The van der Waals surface area contributed by atoms with Crippen molar-refractivity contribution in [3.63, 3.8) is 0 Å². The SMILES string of the molecule is Cc1cccc(OCCC2(CN)CCCN2C)c1. The predicted octanol–water partition coefficient (Wildman–Crippen LogP) is 2.19. The minimum absolute atomic E-state index is 0.157. The van der Waals surface area contributed by atoms with Gasteiger partial charge in [-0.1, -0.05) is 12.1 Å². The van der Waals surface area contributed by atoms with Gasteiger partial charge in [-0.3, -0.25) is 4.90 Å². The average molecular weight is 248 g/mol. The van der Waals surface area contributed by atoms with Gasteiger partial charge in [-0.2, -0.15) is 0 Å². The van der Waals surface area contributed by atoms with Crippen LogP contribution >= 0.6 is 0 Å². The fourth-order valence-corrected chi connectivity index (χ4v) is 2.81. The van der Waals surface area contributed by atoms with Gasteiger partial charge in [0.2, 0.25) is 0 Å². The second kappa shape index (κ2) is 5.72. The quantitative estimate of drug-likeness (QED) is 0.868. The maximum absolute atomic E-state index is 5.97. The van der Waals surface area contributed by atoms with Gasteiger partial charge in [0, 0.05) is 18.5 Å². The molecule has 0 spiro atoms. The summed E-state index contributed by atoms with van der Waals surface area (Å²) in [7, 11) is 2.17. The normalized spacial score (nSPS) is 24.4. The molecule has 1 aliphatic rings. The van der Waals surface area contributed by atoms with Crippen LogP contribution in [-0.2, 0) is 0 Å². The molecule has 100 valence electrons. The summed E-state index contributed by atoms with van der Waals surface area (Å²) in [4.78, 5) is 2.40. The van der Waals surface area contributed by atoms with Gasteiger partial charge in [0.1, 0.15) is 5.75 Å². The van der Waals surface area contributed by atoms with Crippen LogP contribution in [-0.4, -0.2) is 37.2 Å². The molecule has 0 radical (unpaired) electrons. The Balaban J connectivity index is 1.88. The highest BCUT2D eigenvalue weighted by Crippen LogP contribution is 2.30. The summed E-state index contributed by atoms with van der Waals surface area (Å²) in [6, 6.07) is 8.21. The second-order valence-corrected chi connectivity index (χ2v) is 5.37. The Morgan fingerprint density at radius 3 is 2.89 bits per heavy atom. The van der Waals surface area contributed by atoms with Crippen LogP contribution in [0.5, 0.6) is 5.75 Å². The summed E-state index contributed by atoms with van der Waals surface area (Å²) in [5.74, 6) is 0.961. The van der Waals surface area contributed by atoms with Gasteiger partial charge < -0.3 is 10.5 Å². The maximum Gasteiger partial charge on any atom is 0.119 e. The van der Waals surface area contributed by atoms with Crippen molar-refractivity contribution in [3.8, 4) is 5.75 Å². The molecule has 1 aromatic rings. The monoisotopic (exact) mass is 248 g/mol. The van der Waals surface area contributed by atoms with E-state index in [2.05, 4.69) is 31.0 Å². The summed E-state index contributed by atoms with van der Waals surface area (Å²) in [5, 5.41) is 0. The lowest BCUT2D eigenvalue weighted by atomic mass is 9.93. The zero-order valence-corrected chi connectivity index (χ0v) is 11.5. The van der Waals surface area contributed by atoms with Crippen molar-refractivity contribution in [1.82, 2.24) is 4.90 Å². The van der Waals surface area contributed by atoms with Gasteiger partial charge in [0.05, 0.1) is 6.61 Å². The van der Waals surface area contributed by atoms with Crippen LogP contribution in [0.4, 0.5) is 0 Å². The van der Waals surface area contributed by atoms with Crippen LogP contribution in [0, 0.1) is 6.92 Å². The van der Waals surface area contributed by atoms with Crippen molar-refractivity contribution in [2.45, 2.75) is 31.7 Å². The van der Waals surface area contributed by atoms with Gasteiger partial charge in [-0.25, -0.2) is 0 Å². The average Bonchev–Trinajstić information content (AvgIpc) is 2.72. The molecule has 1 heterocycles. The summed E-state index contributed by atoms with van der Waals surface area (Å²) in [5.41, 5.74) is 7.36. The molecule has 18 heavy (non-hydrogen) atoms. The highest BCUT2D eigenvalue weighted by atomic mass is 16.5. The largest absolute Gasteiger partial charge is 0.494 e. The van der Waals surface area contributed by atoms with Crippen molar-refractivity contribution in [2.24, 2.45) is 5.73 Å². The first-order valence-electron chi connectivity index (χ1n) is 6.77. The molecule has 3 heteroatoms. The van der Waals surface area contributed by atoms with E-state index in [9.17, 15) is 0 Å². The highest BCUT2D eigenvalue weighted by molar-refractivity contribution is 5.27. The standard InChI is InChI=1S/C15H24N2O/c1-13-5-3-6-14(11-13)18-10-8-15(12-16)7-4-9-17(15)2/h3,5-6,11H,4,7-10,12,16H2,1-2H3. The summed E-state index contributed by atoms with van der Waals surface area (Å²) < 4.78 is 5.84. The summed E-state index contributed by atoms with van der Waals surface area (Å²) in [6.45, 7) is 4.70. The molecule has 0 saturated carbocycles. The third-order valence-corrected chi connectivity index (χ3v) is 4.15. The minimum Gasteiger partial charge on any atom is -0.494 e. The number of likely N-dealkylation sites (N-methyl/N-ethyl adjacent to an activating group) is 1. The summed E-state index contributed by atoms with van der Waals surface area (Å²) in [6.07, 6.45) is 3.45. The van der Waals surface area contributed by atoms with Crippen LogP contribution in [0.2, 0.25) is 0 Å². The van der Waals surface area contributed by atoms with E-state index in [4.69, 9.17) is 10.5 Å². The zero-order valence-electron chi connectivity index (χ0n) is 11.5. The number of hydrogen-bond donors (Lipinski definition) is 1. The minimum atomic E-state index is 0.157. The molecule has 1 aliphatic heterocycles. The fourth-order valence-electron chi connectivity index (χ4n) is 2.81. The molecule has 3 nitrogen and oxygen atoms in total. The molecule has 0 bridgehead atoms. The molecule has 1 atom stereocenters. The van der Waals surface area contributed by atoms with E-state index in [-0.39, 0.29) is 5.54 Å². The van der Waals surface area contributed by atoms with E-state index in [0.29, 0.717) is 0 Å². The maximum atomic E-state index is 5.97. The van der Waals surface area contributed by atoms with E-state index < -0.39 is 0 Å². The topological polar surface area (TPSA) is 38.5 Å². The Kier molecular flexibility index (Phi) is 4.25. The van der Waals surface area contributed by atoms with Gasteiger partial charge >= 0.3 is 0 Å². The van der Waals surface area contributed by atoms with E-state index in [0.717, 1.165) is 31.9 Å². The lowest BCUT2D eigenvalue weighted by molar-refractivity contribution is 0.139.